The third kappa shape index (κ3) is 4.26. The summed E-state index contributed by atoms with van der Waals surface area (Å²) in [4.78, 5) is 4.03. The molecule has 0 amide bonds. The number of ether oxygens (including phenoxy) is 1. The quantitative estimate of drug-likeness (QED) is 0.717. The lowest BCUT2D eigenvalue weighted by atomic mass is 9.91. The number of methoxy groups -OCH3 is 1. The maximum Gasteiger partial charge on any atom is 0.0921 e. The van der Waals surface area contributed by atoms with Gasteiger partial charge in [-0.2, -0.15) is 0 Å². The van der Waals surface area contributed by atoms with Crippen LogP contribution in [-0.2, 0) is 11.2 Å². The Balaban J connectivity index is 2.62. The Kier molecular flexibility index (Phi) is 5.38. The largest absolute Gasteiger partial charge is 0.387 e. The van der Waals surface area contributed by atoms with Crippen molar-refractivity contribution >= 4 is 0 Å². The highest BCUT2D eigenvalue weighted by molar-refractivity contribution is 5.11. The molecule has 1 rings (SSSR count). The Morgan fingerprint density at radius 1 is 1.56 bits per heavy atom. The Morgan fingerprint density at radius 3 is 2.94 bits per heavy atom. The van der Waals surface area contributed by atoms with Crippen LogP contribution in [0.15, 0.2) is 24.5 Å². The summed E-state index contributed by atoms with van der Waals surface area (Å²) in [5, 5.41) is 10.4. The fraction of sp³-hybridized carbons (Fsp3) is 0.583. The van der Waals surface area contributed by atoms with E-state index >= 15 is 0 Å². The minimum absolute atomic E-state index is 0.321. The SMILES string of the molecule is COCC(O)(CCCN)Cc1cccnc1. The summed E-state index contributed by atoms with van der Waals surface area (Å²) in [5.41, 5.74) is 5.64. The van der Waals surface area contributed by atoms with Gasteiger partial charge in [0.25, 0.3) is 0 Å². The normalized spacial score (nSPS) is 14.7. The minimum atomic E-state index is -0.836. The van der Waals surface area contributed by atoms with Crippen molar-refractivity contribution in [2.45, 2.75) is 24.9 Å². The average Bonchev–Trinajstić information content (AvgIpc) is 2.28. The second-order valence-electron chi connectivity index (χ2n) is 4.09. The number of hydrogen-bond donors (Lipinski definition) is 2. The monoisotopic (exact) mass is 224 g/mol. The second-order valence-corrected chi connectivity index (χ2v) is 4.09. The molecule has 4 nitrogen and oxygen atoms in total. The molecular formula is C12H20N2O2. The van der Waals surface area contributed by atoms with Gasteiger partial charge in [0.05, 0.1) is 12.2 Å². The van der Waals surface area contributed by atoms with E-state index in [9.17, 15) is 5.11 Å². The van der Waals surface area contributed by atoms with Crippen LogP contribution in [0.2, 0.25) is 0 Å². The standard InChI is InChI=1S/C12H20N2O2/c1-16-10-12(15,5-3-6-13)8-11-4-2-7-14-9-11/h2,4,7,9,15H,3,5-6,8,10,13H2,1H3. The molecule has 0 bridgehead atoms. The van der Waals surface area contributed by atoms with Gasteiger partial charge in [0.1, 0.15) is 0 Å². The first-order chi connectivity index (χ1) is 7.70. The average molecular weight is 224 g/mol. The van der Waals surface area contributed by atoms with Crippen molar-refractivity contribution in [2.24, 2.45) is 5.73 Å². The Hall–Kier alpha value is -0.970. The Morgan fingerprint density at radius 2 is 2.38 bits per heavy atom. The topological polar surface area (TPSA) is 68.4 Å². The summed E-state index contributed by atoms with van der Waals surface area (Å²) in [5.74, 6) is 0. The number of nitrogens with two attached hydrogens (primary N) is 1. The first kappa shape index (κ1) is 13.1. The number of rotatable bonds is 7. The van der Waals surface area contributed by atoms with Crippen LogP contribution in [0, 0.1) is 0 Å². The molecule has 0 aliphatic rings. The summed E-state index contributed by atoms with van der Waals surface area (Å²) in [6.45, 7) is 0.904. The molecule has 1 unspecified atom stereocenters. The highest BCUT2D eigenvalue weighted by Crippen LogP contribution is 2.19. The fourth-order valence-electron chi connectivity index (χ4n) is 1.79. The number of aromatic nitrogens is 1. The molecule has 16 heavy (non-hydrogen) atoms. The Bertz CT molecular complexity index is 292. The summed E-state index contributed by atoms with van der Waals surface area (Å²) in [7, 11) is 1.59. The summed E-state index contributed by atoms with van der Waals surface area (Å²) in [6, 6.07) is 3.82. The summed E-state index contributed by atoms with van der Waals surface area (Å²) in [6.07, 6.45) is 5.48. The van der Waals surface area contributed by atoms with E-state index in [0.29, 0.717) is 26.0 Å². The van der Waals surface area contributed by atoms with Gasteiger partial charge in [0, 0.05) is 25.9 Å². The number of hydrogen-bond acceptors (Lipinski definition) is 4. The highest BCUT2D eigenvalue weighted by atomic mass is 16.5. The number of pyridine rings is 1. The minimum Gasteiger partial charge on any atom is -0.387 e. The van der Waals surface area contributed by atoms with Crippen LogP contribution < -0.4 is 5.73 Å². The number of nitrogens with zero attached hydrogens (tertiary/aromatic N) is 1. The van der Waals surface area contributed by atoms with Crippen LogP contribution in [0.5, 0.6) is 0 Å². The molecule has 0 aromatic carbocycles. The van der Waals surface area contributed by atoms with Crippen molar-refractivity contribution in [3.63, 3.8) is 0 Å². The smallest absolute Gasteiger partial charge is 0.0921 e. The Labute approximate surface area is 96.5 Å². The lowest BCUT2D eigenvalue weighted by Crippen LogP contribution is -2.37. The lowest BCUT2D eigenvalue weighted by Gasteiger charge is -2.27. The highest BCUT2D eigenvalue weighted by Gasteiger charge is 2.26. The van der Waals surface area contributed by atoms with Crippen molar-refractivity contribution in [2.75, 3.05) is 20.3 Å². The van der Waals surface area contributed by atoms with Gasteiger partial charge in [-0.3, -0.25) is 4.98 Å². The van der Waals surface area contributed by atoms with E-state index in [1.54, 1.807) is 19.5 Å². The molecule has 0 aliphatic heterocycles. The van der Waals surface area contributed by atoms with E-state index in [1.807, 2.05) is 12.1 Å². The first-order valence-corrected chi connectivity index (χ1v) is 5.50. The molecule has 1 heterocycles. The first-order valence-electron chi connectivity index (χ1n) is 5.50. The lowest BCUT2D eigenvalue weighted by molar-refractivity contribution is -0.0375. The fourth-order valence-corrected chi connectivity index (χ4v) is 1.79. The molecule has 90 valence electrons. The zero-order valence-electron chi connectivity index (χ0n) is 9.72. The maximum atomic E-state index is 10.4. The van der Waals surface area contributed by atoms with E-state index in [0.717, 1.165) is 12.0 Å². The van der Waals surface area contributed by atoms with Crippen LogP contribution in [0.1, 0.15) is 18.4 Å². The zero-order valence-corrected chi connectivity index (χ0v) is 9.72. The van der Waals surface area contributed by atoms with Crippen LogP contribution in [0.25, 0.3) is 0 Å². The predicted octanol–water partition coefficient (Wildman–Crippen LogP) is 0.740. The van der Waals surface area contributed by atoms with E-state index in [2.05, 4.69) is 4.98 Å². The maximum absolute atomic E-state index is 10.4. The molecule has 0 saturated heterocycles. The van der Waals surface area contributed by atoms with Crippen molar-refractivity contribution in [1.29, 1.82) is 0 Å². The van der Waals surface area contributed by atoms with Crippen LogP contribution in [0.3, 0.4) is 0 Å². The van der Waals surface area contributed by atoms with Crippen molar-refractivity contribution < 1.29 is 9.84 Å². The molecule has 3 N–H and O–H groups in total. The second kappa shape index (κ2) is 6.58. The molecule has 0 saturated carbocycles. The van der Waals surface area contributed by atoms with Gasteiger partial charge in [-0.1, -0.05) is 6.07 Å². The summed E-state index contributed by atoms with van der Waals surface area (Å²) >= 11 is 0. The van der Waals surface area contributed by atoms with Crippen LogP contribution in [0.4, 0.5) is 0 Å². The van der Waals surface area contributed by atoms with Gasteiger partial charge in [0.15, 0.2) is 0 Å². The molecule has 0 radical (unpaired) electrons. The molecule has 0 fully saturated rings. The van der Waals surface area contributed by atoms with E-state index in [1.165, 1.54) is 0 Å². The molecule has 0 spiro atoms. The van der Waals surface area contributed by atoms with Gasteiger partial charge < -0.3 is 15.6 Å². The molecular weight excluding hydrogens is 204 g/mol. The number of aliphatic hydroxyl groups is 1. The van der Waals surface area contributed by atoms with Crippen molar-refractivity contribution in [1.82, 2.24) is 4.98 Å². The van der Waals surface area contributed by atoms with Gasteiger partial charge >= 0.3 is 0 Å². The van der Waals surface area contributed by atoms with Gasteiger partial charge in [-0.15, -0.1) is 0 Å². The van der Waals surface area contributed by atoms with Crippen molar-refractivity contribution in [3.05, 3.63) is 30.1 Å². The van der Waals surface area contributed by atoms with Crippen molar-refractivity contribution in [3.8, 4) is 0 Å². The van der Waals surface area contributed by atoms with Crippen LogP contribution in [-0.4, -0.2) is 36.0 Å². The van der Waals surface area contributed by atoms with Gasteiger partial charge in [-0.25, -0.2) is 0 Å². The zero-order chi connectivity index (χ0) is 11.9. The van der Waals surface area contributed by atoms with E-state index in [-0.39, 0.29) is 0 Å². The summed E-state index contributed by atoms with van der Waals surface area (Å²) < 4.78 is 5.07. The van der Waals surface area contributed by atoms with Gasteiger partial charge in [-0.05, 0) is 31.0 Å². The predicted molar refractivity (Wildman–Crippen MR) is 63.1 cm³/mol. The van der Waals surface area contributed by atoms with Crippen LogP contribution >= 0.6 is 0 Å². The third-order valence-corrected chi connectivity index (χ3v) is 2.52. The third-order valence-electron chi connectivity index (χ3n) is 2.52. The molecule has 4 heteroatoms. The molecule has 0 aliphatic carbocycles. The molecule has 1 atom stereocenters. The molecule has 1 aromatic heterocycles. The van der Waals surface area contributed by atoms with Gasteiger partial charge in [0.2, 0.25) is 0 Å². The van der Waals surface area contributed by atoms with E-state index < -0.39 is 5.60 Å². The van der Waals surface area contributed by atoms with E-state index in [4.69, 9.17) is 10.5 Å². The molecule has 1 aromatic rings.